The minimum absolute atomic E-state index is 0.0820. The summed E-state index contributed by atoms with van der Waals surface area (Å²) in [5.41, 5.74) is 7.88. The van der Waals surface area contributed by atoms with E-state index in [1.54, 1.807) is 30.3 Å². The summed E-state index contributed by atoms with van der Waals surface area (Å²) in [6, 6.07) is 9.09. The number of hydrogen-bond acceptors (Lipinski definition) is 3. The Kier molecular flexibility index (Phi) is 4.86. The van der Waals surface area contributed by atoms with Crippen molar-refractivity contribution in [2.45, 2.75) is 27.0 Å². The van der Waals surface area contributed by atoms with E-state index >= 15 is 0 Å². The second-order valence-electron chi connectivity index (χ2n) is 5.78. The molecule has 0 unspecified atom stereocenters. The Labute approximate surface area is 144 Å². The SMILES string of the molecule is C/C=C(\C)OCc1cc(-c2cccc(CN)c2F)c2oc(F)cc2c1. The van der Waals surface area contributed by atoms with Gasteiger partial charge in [0.15, 0.2) is 0 Å². The molecule has 0 fully saturated rings. The number of fused-ring (bicyclic) bond motifs is 1. The van der Waals surface area contributed by atoms with E-state index < -0.39 is 11.8 Å². The maximum absolute atomic E-state index is 14.7. The van der Waals surface area contributed by atoms with Crippen LogP contribution in [0.2, 0.25) is 0 Å². The first-order valence-corrected chi connectivity index (χ1v) is 7.99. The normalized spacial score (nSPS) is 12.0. The molecule has 0 amide bonds. The van der Waals surface area contributed by atoms with Gasteiger partial charge in [-0.2, -0.15) is 4.39 Å². The third-order valence-electron chi connectivity index (χ3n) is 4.11. The van der Waals surface area contributed by atoms with Crippen LogP contribution < -0.4 is 5.73 Å². The molecule has 0 bridgehead atoms. The van der Waals surface area contributed by atoms with Crippen molar-refractivity contribution < 1.29 is 17.9 Å². The second-order valence-corrected chi connectivity index (χ2v) is 5.78. The van der Waals surface area contributed by atoms with E-state index in [0.717, 1.165) is 11.3 Å². The molecule has 2 aromatic carbocycles. The number of halogens is 2. The minimum Gasteiger partial charge on any atom is -0.494 e. The van der Waals surface area contributed by atoms with Crippen LogP contribution in [0.4, 0.5) is 8.78 Å². The van der Waals surface area contributed by atoms with E-state index in [2.05, 4.69) is 0 Å². The van der Waals surface area contributed by atoms with Crippen molar-refractivity contribution in [2.24, 2.45) is 5.73 Å². The predicted molar refractivity (Wildman–Crippen MR) is 93.7 cm³/mol. The number of ether oxygens (including phenoxy) is 1. The van der Waals surface area contributed by atoms with Crippen molar-refractivity contribution in [1.29, 1.82) is 0 Å². The van der Waals surface area contributed by atoms with Crippen LogP contribution in [0.25, 0.3) is 22.1 Å². The van der Waals surface area contributed by atoms with E-state index in [0.29, 0.717) is 34.3 Å². The highest BCUT2D eigenvalue weighted by Gasteiger charge is 2.17. The summed E-state index contributed by atoms with van der Waals surface area (Å²) in [5.74, 6) is 0.349. The molecule has 25 heavy (non-hydrogen) atoms. The Morgan fingerprint density at radius 2 is 2.00 bits per heavy atom. The first kappa shape index (κ1) is 17.2. The summed E-state index contributed by atoms with van der Waals surface area (Å²) >= 11 is 0. The Morgan fingerprint density at radius 1 is 1.20 bits per heavy atom. The molecule has 0 saturated heterocycles. The van der Waals surface area contributed by atoms with Crippen LogP contribution >= 0.6 is 0 Å². The van der Waals surface area contributed by atoms with Gasteiger partial charge in [0.25, 0.3) is 6.01 Å². The second kappa shape index (κ2) is 7.07. The van der Waals surface area contributed by atoms with Gasteiger partial charge in [-0.15, -0.1) is 0 Å². The van der Waals surface area contributed by atoms with Crippen molar-refractivity contribution in [2.75, 3.05) is 0 Å². The maximum atomic E-state index is 14.7. The molecule has 0 aliphatic rings. The maximum Gasteiger partial charge on any atom is 0.278 e. The topological polar surface area (TPSA) is 48.4 Å². The van der Waals surface area contributed by atoms with Crippen molar-refractivity contribution in [3.63, 3.8) is 0 Å². The summed E-state index contributed by atoms with van der Waals surface area (Å²) in [6.07, 6.45) is 1.85. The fourth-order valence-corrected chi connectivity index (χ4v) is 2.69. The summed E-state index contributed by atoms with van der Waals surface area (Å²) in [7, 11) is 0. The van der Waals surface area contributed by atoms with Gasteiger partial charge < -0.3 is 14.9 Å². The van der Waals surface area contributed by atoms with Gasteiger partial charge >= 0.3 is 0 Å². The first-order valence-electron chi connectivity index (χ1n) is 7.99. The average molecular weight is 343 g/mol. The Hall–Kier alpha value is -2.66. The molecule has 3 rings (SSSR count). The summed E-state index contributed by atoms with van der Waals surface area (Å²) < 4.78 is 39.2. The van der Waals surface area contributed by atoms with Crippen molar-refractivity contribution >= 4 is 11.0 Å². The van der Waals surface area contributed by atoms with Gasteiger partial charge in [-0.25, -0.2) is 4.39 Å². The number of furan rings is 1. The Morgan fingerprint density at radius 3 is 2.72 bits per heavy atom. The highest BCUT2D eigenvalue weighted by molar-refractivity contribution is 5.93. The zero-order valence-electron chi connectivity index (χ0n) is 14.1. The highest BCUT2D eigenvalue weighted by atomic mass is 19.1. The number of benzene rings is 2. The molecule has 0 aliphatic heterocycles. The molecular formula is C20H19F2NO2. The van der Waals surface area contributed by atoms with E-state index in [9.17, 15) is 8.78 Å². The van der Waals surface area contributed by atoms with Crippen molar-refractivity contribution in [3.8, 4) is 11.1 Å². The van der Waals surface area contributed by atoms with Crippen LogP contribution in [0.5, 0.6) is 0 Å². The minimum atomic E-state index is -0.714. The molecule has 0 spiro atoms. The Balaban J connectivity index is 2.16. The zero-order valence-corrected chi connectivity index (χ0v) is 14.1. The number of hydrogen-bond donors (Lipinski definition) is 1. The van der Waals surface area contributed by atoms with Crippen LogP contribution in [-0.2, 0) is 17.9 Å². The Bertz CT molecular complexity index is 944. The van der Waals surface area contributed by atoms with Crippen LogP contribution in [-0.4, -0.2) is 0 Å². The molecule has 0 radical (unpaired) electrons. The van der Waals surface area contributed by atoms with Crippen LogP contribution in [0.1, 0.15) is 25.0 Å². The largest absolute Gasteiger partial charge is 0.494 e. The van der Waals surface area contributed by atoms with Crippen LogP contribution in [0.3, 0.4) is 0 Å². The lowest BCUT2D eigenvalue weighted by Crippen LogP contribution is -2.01. The number of nitrogens with two attached hydrogens (primary N) is 1. The van der Waals surface area contributed by atoms with Gasteiger partial charge in [0, 0.05) is 34.7 Å². The molecule has 0 atom stereocenters. The van der Waals surface area contributed by atoms with E-state index in [1.165, 1.54) is 6.07 Å². The van der Waals surface area contributed by atoms with Crippen LogP contribution in [0, 0.1) is 11.8 Å². The zero-order chi connectivity index (χ0) is 18.0. The summed E-state index contributed by atoms with van der Waals surface area (Å²) in [5, 5.41) is 0.560. The molecule has 1 heterocycles. The highest BCUT2D eigenvalue weighted by Crippen LogP contribution is 2.34. The summed E-state index contributed by atoms with van der Waals surface area (Å²) in [4.78, 5) is 0. The van der Waals surface area contributed by atoms with E-state index in [4.69, 9.17) is 14.9 Å². The van der Waals surface area contributed by atoms with Gasteiger partial charge in [-0.3, -0.25) is 0 Å². The van der Waals surface area contributed by atoms with E-state index in [1.807, 2.05) is 19.9 Å². The van der Waals surface area contributed by atoms with Gasteiger partial charge in [0.1, 0.15) is 18.0 Å². The first-order chi connectivity index (χ1) is 12.0. The third kappa shape index (κ3) is 3.42. The molecule has 1 aromatic heterocycles. The number of allylic oxidation sites excluding steroid dienone is 2. The molecule has 3 aromatic rings. The van der Waals surface area contributed by atoms with E-state index in [-0.39, 0.29) is 6.54 Å². The molecular weight excluding hydrogens is 324 g/mol. The molecule has 0 aliphatic carbocycles. The van der Waals surface area contributed by atoms with Gasteiger partial charge in [-0.05, 0) is 37.6 Å². The molecule has 2 N–H and O–H groups in total. The van der Waals surface area contributed by atoms with Gasteiger partial charge in [0.05, 0.1) is 5.76 Å². The monoisotopic (exact) mass is 343 g/mol. The number of rotatable bonds is 5. The lowest BCUT2D eigenvalue weighted by molar-refractivity contribution is 0.200. The fraction of sp³-hybridized carbons (Fsp3) is 0.200. The molecule has 0 saturated carbocycles. The van der Waals surface area contributed by atoms with Crippen molar-refractivity contribution in [3.05, 3.63) is 71.2 Å². The lowest BCUT2D eigenvalue weighted by atomic mass is 9.98. The molecule has 5 heteroatoms. The standard InChI is InChI=1S/C20H19F2NO2/c1-3-12(2)24-11-13-7-15-9-18(21)25-20(15)17(8-13)16-6-4-5-14(10-23)19(16)22/h3-9H,10-11,23H2,1-2H3/b12-3+. The van der Waals surface area contributed by atoms with Gasteiger partial charge in [-0.1, -0.05) is 18.2 Å². The van der Waals surface area contributed by atoms with Crippen LogP contribution in [0.15, 0.2) is 52.7 Å². The van der Waals surface area contributed by atoms with Gasteiger partial charge in [0.2, 0.25) is 0 Å². The van der Waals surface area contributed by atoms with Crippen molar-refractivity contribution in [1.82, 2.24) is 0 Å². The molecule has 3 nitrogen and oxygen atoms in total. The quantitative estimate of drug-likeness (QED) is 0.641. The summed E-state index contributed by atoms with van der Waals surface area (Å²) in [6.45, 7) is 4.10. The molecule has 130 valence electrons. The fourth-order valence-electron chi connectivity index (χ4n) is 2.69. The smallest absolute Gasteiger partial charge is 0.278 e. The lowest BCUT2D eigenvalue weighted by Gasteiger charge is -2.11. The predicted octanol–water partition coefficient (Wildman–Crippen LogP) is 5.28. The third-order valence-corrected chi connectivity index (χ3v) is 4.11. The average Bonchev–Trinajstić information content (AvgIpc) is 2.99.